The van der Waals surface area contributed by atoms with Crippen LogP contribution in [0.3, 0.4) is 0 Å². The molecule has 4 nitrogen and oxygen atoms in total. The molecule has 1 unspecified atom stereocenters. The lowest BCUT2D eigenvalue weighted by Crippen LogP contribution is -2.30. The molecule has 17 heavy (non-hydrogen) atoms. The summed E-state index contributed by atoms with van der Waals surface area (Å²) in [6, 6.07) is 8.16. The van der Waals surface area contributed by atoms with E-state index in [0.717, 1.165) is 18.7 Å². The van der Waals surface area contributed by atoms with Crippen LogP contribution in [0, 0.1) is 0 Å². The third-order valence-electron chi connectivity index (χ3n) is 2.82. The van der Waals surface area contributed by atoms with E-state index in [1.165, 1.54) is 5.56 Å². The van der Waals surface area contributed by atoms with Crippen molar-refractivity contribution < 1.29 is 9.53 Å². The standard InChI is InChI=1S/C13H18N2O2/c1-14-8-10-3-2-4-12(7-10)17-9-11-5-6-13(16)15-11/h2-4,7,11,14H,5-6,8-9H2,1H3,(H,15,16). The van der Waals surface area contributed by atoms with Crippen LogP contribution < -0.4 is 15.4 Å². The highest BCUT2D eigenvalue weighted by molar-refractivity contribution is 5.78. The molecule has 1 heterocycles. The van der Waals surface area contributed by atoms with Crippen LogP contribution in [0.4, 0.5) is 0 Å². The molecule has 0 bridgehead atoms. The summed E-state index contributed by atoms with van der Waals surface area (Å²) in [5, 5.41) is 5.99. The Balaban J connectivity index is 1.85. The number of rotatable bonds is 5. The molecular formula is C13H18N2O2. The zero-order valence-corrected chi connectivity index (χ0v) is 10.0. The molecule has 1 aliphatic rings. The van der Waals surface area contributed by atoms with Gasteiger partial charge in [0.25, 0.3) is 0 Å². The summed E-state index contributed by atoms with van der Waals surface area (Å²) in [6.07, 6.45) is 1.49. The quantitative estimate of drug-likeness (QED) is 0.801. The number of amides is 1. The van der Waals surface area contributed by atoms with Gasteiger partial charge in [-0.3, -0.25) is 4.79 Å². The van der Waals surface area contributed by atoms with Crippen LogP contribution in [0.25, 0.3) is 0 Å². The maximum absolute atomic E-state index is 11.0. The van der Waals surface area contributed by atoms with Gasteiger partial charge >= 0.3 is 0 Å². The Morgan fingerprint density at radius 3 is 3.12 bits per heavy atom. The third kappa shape index (κ3) is 3.46. The van der Waals surface area contributed by atoms with E-state index in [-0.39, 0.29) is 11.9 Å². The van der Waals surface area contributed by atoms with Gasteiger partial charge in [0.2, 0.25) is 5.91 Å². The molecule has 0 radical (unpaired) electrons. The van der Waals surface area contributed by atoms with Crippen molar-refractivity contribution in [3.8, 4) is 5.75 Å². The normalized spacial score (nSPS) is 19.1. The first-order chi connectivity index (χ1) is 8.28. The molecule has 2 N–H and O–H groups in total. The number of carbonyl (C=O) groups excluding carboxylic acids is 1. The van der Waals surface area contributed by atoms with E-state index in [0.29, 0.717) is 13.0 Å². The lowest BCUT2D eigenvalue weighted by Gasteiger charge is -2.12. The second kappa shape index (κ2) is 5.68. The van der Waals surface area contributed by atoms with Gasteiger partial charge in [-0.15, -0.1) is 0 Å². The number of hydrogen-bond acceptors (Lipinski definition) is 3. The van der Waals surface area contributed by atoms with E-state index in [1.807, 2.05) is 25.2 Å². The van der Waals surface area contributed by atoms with Gasteiger partial charge in [-0.1, -0.05) is 12.1 Å². The Labute approximate surface area is 101 Å². The fraction of sp³-hybridized carbons (Fsp3) is 0.462. The summed E-state index contributed by atoms with van der Waals surface area (Å²) < 4.78 is 5.68. The third-order valence-corrected chi connectivity index (χ3v) is 2.82. The minimum absolute atomic E-state index is 0.127. The molecule has 1 aliphatic heterocycles. The largest absolute Gasteiger partial charge is 0.491 e. The van der Waals surface area contributed by atoms with Gasteiger partial charge in [0, 0.05) is 13.0 Å². The molecule has 1 amide bonds. The van der Waals surface area contributed by atoms with Crippen molar-refractivity contribution in [1.29, 1.82) is 0 Å². The van der Waals surface area contributed by atoms with Crippen LogP contribution >= 0.6 is 0 Å². The first kappa shape index (κ1) is 11.9. The average Bonchev–Trinajstić information content (AvgIpc) is 2.74. The Morgan fingerprint density at radius 2 is 2.41 bits per heavy atom. The van der Waals surface area contributed by atoms with Gasteiger partial charge in [0.1, 0.15) is 12.4 Å². The van der Waals surface area contributed by atoms with Crippen molar-refractivity contribution in [2.24, 2.45) is 0 Å². The van der Waals surface area contributed by atoms with Gasteiger partial charge < -0.3 is 15.4 Å². The molecule has 4 heteroatoms. The second-order valence-electron chi connectivity index (χ2n) is 4.29. The monoisotopic (exact) mass is 234 g/mol. The minimum Gasteiger partial charge on any atom is -0.491 e. The maximum Gasteiger partial charge on any atom is 0.220 e. The average molecular weight is 234 g/mol. The molecule has 92 valence electrons. The lowest BCUT2D eigenvalue weighted by molar-refractivity contribution is -0.119. The van der Waals surface area contributed by atoms with E-state index < -0.39 is 0 Å². The van der Waals surface area contributed by atoms with E-state index >= 15 is 0 Å². The fourth-order valence-electron chi connectivity index (χ4n) is 1.95. The highest BCUT2D eigenvalue weighted by Crippen LogP contribution is 2.15. The number of nitrogens with one attached hydrogen (secondary N) is 2. The molecule has 0 aromatic heterocycles. The van der Waals surface area contributed by atoms with Crippen molar-refractivity contribution in [3.63, 3.8) is 0 Å². The molecule has 0 saturated carbocycles. The topological polar surface area (TPSA) is 50.4 Å². The number of carbonyl (C=O) groups is 1. The summed E-state index contributed by atoms with van der Waals surface area (Å²) in [5.41, 5.74) is 1.19. The SMILES string of the molecule is CNCc1cccc(OCC2CCC(=O)N2)c1. The highest BCUT2D eigenvalue weighted by Gasteiger charge is 2.20. The van der Waals surface area contributed by atoms with Crippen molar-refractivity contribution in [1.82, 2.24) is 10.6 Å². The van der Waals surface area contributed by atoms with Gasteiger partial charge in [0.15, 0.2) is 0 Å². The van der Waals surface area contributed by atoms with Crippen molar-refractivity contribution >= 4 is 5.91 Å². The first-order valence-corrected chi connectivity index (χ1v) is 5.93. The highest BCUT2D eigenvalue weighted by atomic mass is 16.5. The molecule has 0 aliphatic carbocycles. The smallest absolute Gasteiger partial charge is 0.220 e. The van der Waals surface area contributed by atoms with Gasteiger partial charge in [-0.2, -0.15) is 0 Å². The van der Waals surface area contributed by atoms with E-state index in [9.17, 15) is 4.79 Å². The van der Waals surface area contributed by atoms with E-state index in [4.69, 9.17) is 4.74 Å². The zero-order chi connectivity index (χ0) is 12.1. The van der Waals surface area contributed by atoms with E-state index in [1.54, 1.807) is 0 Å². The van der Waals surface area contributed by atoms with Crippen LogP contribution in [0.1, 0.15) is 18.4 Å². The molecular weight excluding hydrogens is 216 g/mol. The molecule has 1 aromatic carbocycles. The van der Waals surface area contributed by atoms with Crippen LogP contribution in [0.5, 0.6) is 5.75 Å². The molecule has 1 fully saturated rings. The number of hydrogen-bond donors (Lipinski definition) is 2. The molecule has 2 rings (SSSR count). The minimum atomic E-state index is 0.127. The van der Waals surface area contributed by atoms with Gasteiger partial charge in [-0.25, -0.2) is 0 Å². The second-order valence-corrected chi connectivity index (χ2v) is 4.29. The zero-order valence-electron chi connectivity index (χ0n) is 10.0. The van der Waals surface area contributed by atoms with Gasteiger partial charge in [-0.05, 0) is 31.2 Å². The van der Waals surface area contributed by atoms with Crippen LogP contribution in [-0.4, -0.2) is 25.6 Å². The molecule has 1 atom stereocenters. The summed E-state index contributed by atoms with van der Waals surface area (Å²) >= 11 is 0. The maximum atomic E-state index is 11.0. The Kier molecular flexibility index (Phi) is 3.98. The lowest BCUT2D eigenvalue weighted by atomic mass is 10.2. The summed E-state index contributed by atoms with van der Waals surface area (Å²) in [7, 11) is 1.92. The summed E-state index contributed by atoms with van der Waals surface area (Å²) in [5.74, 6) is 0.987. The Bertz CT molecular complexity index is 393. The molecule has 0 spiro atoms. The van der Waals surface area contributed by atoms with Crippen molar-refractivity contribution in [2.75, 3.05) is 13.7 Å². The molecule has 1 aromatic rings. The first-order valence-electron chi connectivity index (χ1n) is 5.93. The van der Waals surface area contributed by atoms with Crippen molar-refractivity contribution in [3.05, 3.63) is 29.8 Å². The summed E-state index contributed by atoms with van der Waals surface area (Å²) in [4.78, 5) is 11.0. The Morgan fingerprint density at radius 1 is 1.53 bits per heavy atom. The predicted molar refractivity (Wildman–Crippen MR) is 65.9 cm³/mol. The van der Waals surface area contributed by atoms with Crippen LogP contribution in [-0.2, 0) is 11.3 Å². The van der Waals surface area contributed by atoms with Crippen LogP contribution in [0.2, 0.25) is 0 Å². The molecule has 1 saturated heterocycles. The summed E-state index contributed by atoms with van der Waals surface area (Å²) in [6.45, 7) is 1.38. The number of ether oxygens (including phenoxy) is 1. The van der Waals surface area contributed by atoms with E-state index in [2.05, 4.69) is 16.7 Å². The van der Waals surface area contributed by atoms with Gasteiger partial charge in [0.05, 0.1) is 6.04 Å². The Hall–Kier alpha value is -1.55. The fourth-order valence-corrected chi connectivity index (χ4v) is 1.95. The van der Waals surface area contributed by atoms with Crippen LogP contribution in [0.15, 0.2) is 24.3 Å². The predicted octanol–water partition coefficient (Wildman–Crippen LogP) is 1.06. The number of benzene rings is 1. The van der Waals surface area contributed by atoms with Crippen molar-refractivity contribution in [2.45, 2.75) is 25.4 Å².